The van der Waals surface area contributed by atoms with Crippen molar-refractivity contribution in [2.75, 3.05) is 6.79 Å². The van der Waals surface area contributed by atoms with Crippen molar-refractivity contribution >= 4 is 11.6 Å². The summed E-state index contributed by atoms with van der Waals surface area (Å²) < 4.78 is 10.6. The zero-order chi connectivity index (χ0) is 11.1. The van der Waals surface area contributed by atoms with Gasteiger partial charge in [-0.25, -0.2) is 0 Å². The highest BCUT2D eigenvalue weighted by molar-refractivity contribution is 6.31. The highest BCUT2D eigenvalue weighted by Crippen LogP contribution is 2.36. The van der Waals surface area contributed by atoms with Crippen LogP contribution in [-0.4, -0.2) is 6.79 Å². The molecule has 4 heteroatoms. The molecule has 0 bridgehead atoms. The fraction of sp³-hybridized carbons (Fsp3) is 0.455. The van der Waals surface area contributed by atoms with Gasteiger partial charge in [-0.2, -0.15) is 0 Å². The van der Waals surface area contributed by atoms with Crippen LogP contribution in [0.1, 0.15) is 25.0 Å². The molecule has 1 aromatic carbocycles. The molecule has 2 N–H and O–H groups in total. The number of halogens is 1. The third kappa shape index (κ3) is 1.95. The van der Waals surface area contributed by atoms with Crippen LogP contribution in [0.3, 0.4) is 0 Å². The van der Waals surface area contributed by atoms with E-state index >= 15 is 0 Å². The number of nitrogens with two attached hydrogens (primary N) is 1. The second-order valence-corrected chi connectivity index (χ2v) is 4.64. The number of ether oxygens (including phenoxy) is 2. The maximum Gasteiger partial charge on any atom is 0.189 e. The summed E-state index contributed by atoms with van der Waals surface area (Å²) in [7, 11) is 0. The van der Waals surface area contributed by atoms with Crippen molar-refractivity contribution in [2.24, 2.45) is 5.73 Å². The largest absolute Gasteiger partial charge is 0.467 e. The van der Waals surface area contributed by atoms with Crippen LogP contribution in [0.25, 0.3) is 0 Å². The van der Waals surface area contributed by atoms with E-state index in [-0.39, 0.29) is 0 Å². The molecule has 3 nitrogen and oxygen atoms in total. The van der Waals surface area contributed by atoms with Gasteiger partial charge in [0.25, 0.3) is 0 Å². The van der Waals surface area contributed by atoms with Crippen LogP contribution < -0.4 is 10.5 Å². The maximum atomic E-state index is 6.15. The van der Waals surface area contributed by atoms with Crippen molar-refractivity contribution in [1.29, 1.82) is 0 Å². The SMILES string of the molecule is CC(C)(N)c1c(Cl)ccc2c1COCO2. The van der Waals surface area contributed by atoms with E-state index in [0.29, 0.717) is 18.4 Å². The second-order valence-electron chi connectivity index (χ2n) is 4.23. The smallest absolute Gasteiger partial charge is 0.189 e. The number of fused-ring (bicyclic) bond motifs is 1. The van der Waals surface area contributed by atoms with Gasteiger partial charge >= 0.3 is 0 Å². The summed E-state index contributed by atoms with van der Waals surface area (Å²) in [4.78, 5) is 0. The Labute approximate surface area is 94.1 Å². The molecule has 1 aliphatic heterocycles. The molecule has 1 aromatic rings. The van der Waals surface area contributed by atoms with E-state index in [4.69, 9.17) is 26.8 Å². The van der Waals surface area contributed by atoms with Crippen LogP contribution in [0.2, 0.25) is 5.02 Å². The molecule has 0 aromatic heterocycles. The van der Waals surface area contributed by atoms with Crippen molar-refractivity contribution < 1.29 is 9.47 Å². The molecular weight excluding hydrogens is 214 g/mol. The summed E-state index contributed by atoms with van der Waals surface area (Å²) in [6.07, 6.45) is 0. The number of hydrogen-bond acceptors (Lipinski definition) is 3. The second kappa shape index (κ2) is 3.67. The fourth-order valence-electron chi connectivity index (χ4n) is 1.82. The quantitative estimate of drug-likeness (QED) is 0.801. The molecule has 0 atom stereocenters. The summed E-state index contributed by atoms with van der Waals surface area (Å²) in [5.74, 6) is 0.819. The lowest BCUT2D eigenvalue weighted by molar-refractivity contribution is -0.0172. The molecule has 1 aliphatic rings. The average Bonchev–Trinajstić information content (AvgIpc) is 2.15. The summed E-state index contributed by atoms with van der Waals surface area (Å²) in [5.41, 5.74) is 7.46. The first-order valence-corrected chi connectivity index (χ1v) is 5.19. The van der Waals surface area contributed by atoms with Crippen molar-refractivity contribution in [3.05, 3.63) is 28.3 Å². The lowest BCUT2D eigenvalue weighted by atomic mass is 9.90. The van der Waals surface area contributed by atoms with Gasteiger partial charge < -0.3 is 15.2 Å². The van der Waals surface area contributed by atoms with E-state index in [1.54, 1.807) is 0 Å². The minimum atomic E-state index is -0.494. The van der Waals surface area contributed by atoms with E-state index < -0.39 is 5.54 Å². The number of rotatable bonds is 1. The Kier molecular flexibility index (Phi) is 2.63. The molecule has 0 saturated carbocycles. The molecule has 1 heterocycles. The van der Waals surface area contributed by atoms with Crippen LogP contribution in [0.5, 0.6) is 5.75 Å². The Bertz CT molecular complexity index is 385. The predicted octanol–water partition coefficient (Wildman–Crippen LogP) is 2.40. The lowest BCUT2D eigenvalue weighted by Gasteiger charge is -2.28. The van der Waals surface area contributed by atoms with Crippen LogP contribution in [0.4, 0.5) is 0 Å². The number of benzene rings is 1. The average molecular weight is 228 g/mol. The van der Waals surface area contributed by atoms with Gasteiger partial charge in [0.05, 0.1) is 6.61 Å². The Morgan fingerprint density at radius 3 is 2.80 bits per heavy atom. The first-order valence-electron chi connectivity index (χ1n) is 4.81. The van der Waals surface area contributed by atoms with Gasteiger partial charge in [-0.15, -0.1) is 0 Å². The Morgan fingerprint density at radius 2 is 2.13 bits per heavy atom. The van der Waals surface area contributed by atoms with Gasteiger partial charge in [-0.1, -0.05) is 11.6 Å². The first kappa shape index (κ1) is 10.7. The standard InChI is InChI=1S/C11H14ClNO2/c1-11(2,13)10-7-5-14-6-15-9(7)4-3-8(10)12/h3-4H,5-6,13H2,1-2H3. The zero-order valence-electron chi connectivity index (χ0n) is 8.84. The Morgan fingerprint density at radius 1 is 1.40 bits per heavy atom. The molecule has 0 unspecified atom stereocenters. The molecule has 82 valence electrons. The Balaban J connectivity index is 2.60. The molecule has 15 heavy (non-hydrogen) atoms. The van der Waals surface area contributed by atoms with Crippen molar-refractivity contribution in [3.63, 3.8) is 0 Å². The molecule has 0 spiro atoms. The summed E-state index contributed by atoms with van der Waals surface area (Å²) in [5, 5.41) is 0.662. The minimum Gasteiger partial charge on any atom is -0.467 e. The predicted molar refractivity (Wildman–Crippen MR) is 58.9 cm³/mol. The van der Waals surface area contributed by atoms with Gasteiger partial charge in [-0.05, 0) is 31.5 Å². The summed E-state index contributed by atoms with van der Waals surface area (Å²) >= 11 is 6.15. The van der Waals surface area contributed by atoms with Gasteiger partial charge in [0.15, 0.2) is 6.79 Å². The normalized spacial score (nSPS) is 15.7. The first-order chi connectivity index (χ1) is 7.00. The molecule has 2 rings (SSSR count). The highest BCUT2D eigenvalue weighted by Gasteiger charge is 2.26. The number of hydrogen-bond donors (Lipinski definition) is 1. The van der Waals surface area contributed by atoms with Crippen molar-refractivity contribution in [2.45, 2.75) is 26.0 Å². The van der Waals surface area contributed by atoms with Gasteiger partial charge in [0.1, 0.15) is 5.75 Å². The fourth-order valence-corrected chi connectivity index (χ4v) is 2.24. The molecule has 0 fully saturated rings. The van der Waals surface area contributed by atoms with Gasteiger partial charge in [0, 0.05) is 16.1 Å². The molecular formula is C11H14ClNO2. The van der Waals surface area contributed by atoms with E-state index in [9.17, 15) is 0 Å². The van der Waals surface area contributed by atoms with Crippen LogP contribution >= 0.6 is 11.6 Å². The molecule has 0 aliphatic carbocycles. The third-order valence-electron chi connectivity index (χ3n) is 2.41. The minimum absolute atomic E-state index is 0.291. The van der Waals surface area contributed by atoms with E-state index in [2.05, 4.69) is 0 Å². The van der Waals surface area contributed by atoms with E-state index in [0.717, 1.165) is 16.9 Å². The van der Waals surface area contributed by atoms with E-state index in [1.165, 1.54) is 0 Å². The summed E-state index contributed by atoms with van der Waals surface area (Å²) in [6.45, 7) is 4.64. The van der Waals surface area contributed by atoms with Crippen molar-refractivity contribution in [1.82, 2.24) is 0 Å². The van der Waals surface area contributed by atoms with Crippen LogP contribution in [-0.2, 0) is 16.9 Å². The molecule has 0 saturated heterocycles. The van der Waals surface area contributed by atoms with Crippen LogP contribution in [0, 0.1) is 0 Å². The van der Waals surface area contributed by atoms with Gasteiger partial charge in [-0.3, -0.25) is 0 Å². The monoisotopic (exact) mass is 227 g/mol. The zero-order valence-corrected chi connectivity index (χ0v) is 9.60. The maximum absolute atomic E-state index is 6.15. The van der Waals surface area contributed by atoms with Crippen LogP contribution in [0.15, 0.2) is 12.1 Å². The topological polar surface area (TPSA) is 44.5 Å². The van der Waals surface area contributed by atoms with Crippen molar-refractivity contribution in [3.8, 4) is 5.75 Å². The molecule has 0 amide bonds. The van der Waals surface area contributed by atoms with Gasteiger partial charge in [0.2, 0.25) is 0 Å². The van der Waals surface area contributed by atoms with E-state index in [1.807, 2.05) is 26.0 Å². The highest BCUT2D eigenvalue weighted by atomic mass is 35.5. The lowest BCUT2D eigenvalue weighted by Crippen LogP contribution is -2.31. The third-order valence-corrected chi connectivity index (χ3v) is 2.72. The summed E-state index contributed by atoms with van der Waals surface area (Å²) in [6, 6.07) is 3.67. The molecule has 0 radical (unpaired) electrons. The Hall–Kier alpha value is -0.770.